The number of halogens is 1. The smallest absolute Gasteiger partial charge is 0.329 e. The van der Waals surface area contributed by atoms with Crippen LogP contribution in [0.25, 0.3) is 0 Å². The van der Waals surface area contributed by atoms with E-state index in [1.807, 2.05) is 0 Å². The molecule has 26 heavy (non-hydrogen) atoms. The van der Waals surface area contributed by atoms with Gasteiger partial charge in [-0.15, -0.1) is 0 Å². The number of urea groups is 1. The average Bonchev–Trinajstić information content (AvgIpc) is 2.57. The van der Waals surface area contributed by atoms with Gasteiger partial charge in [0.2, 0.25) is 0 Å². The molecule has 0 saturated heterocycles. The summed E-state index contributed by atoms with van der Waals surface area (Å²) in [7, 11) is 0. The van der Waals surface area contributed by atoms with E-state index in [2.05, 4.69) is 10.6 Å². The van der Waals surface area contributed by atoms with Crippen molar-refractivity contribution < 1.29 is 23.8 Å². The van der Waals surface area contributed by atoms with Crippen molar-refractivity contribution >= 4 is 17.7 Å². The summed E-state index contributed by atoms with van der Waals surface area (Å²) in [5.41, 5.74) is 0.727. The Morgan fingerprint density at radius 1 is 1.12 bits per heavy atom. The van der Waals surface area contributed by atoms with E-state index < -0.39 is 23.9 Å². The number of aromatic hydroxyl groups is 1. The fraction of sp³-hybridized carbons (Fsp3) is 0.263. The van der Waals surface area contributed by atoms with Crippen LogP contribution in [0.3, 0.4) is 0 Å². The summed E-state index contributed by atoms with van der Waals surface area (Å²) in [5, 5.41) is 14.2. The summed E-state index contributed by atoms with van der Waals surface area (Å²) >= 11 is 0. The Labute approximate surface area is 151 Å². The quantitative estimate of drug-likeness (QED) is 0.690. The van der Waals surface area contributed by atoms with E-state index in [0.717, 1.165) is 5.56 Å². The summed E-state index contributed by atoms with van der Waals surface area (Å²) in [6, 6.07) is 10.3. The van der Waals surface area contributed by atoms with E-state index in [9.17, 15) is 19.1 Å². The first-order valence-electron chi connectivity index (χ1n) is 8.15. The Hall–Kier alpha value is -3.09. The van der Waals surface area contributed by atoms with Crippen LogP contribution >= 0.6 is 0 Å². The van der Waals surface area contributed by atoms with Crippen LogP contribution in [0.2, 0.25) is 0 Å². The number of nitrogens with one attached hydrogen (secondary N) is 2. The van der Waals surface area contributed by atoms with Gasteiger partial charge in [-0.25, -0.2) is 14.0 Å². The highest BCUT2D eigenvalue weighted by molar-refractivity contribution is 5.92. The van der Waals surface area contributed by atoms with Crippen LogP contribution in [-0.2, 0) is 16.0 Å². The van der Waals surface area contributed by atoms with E-state index >= 15 is 0 Å². The first-order valence-corrected chi connectivity index (χ1v) is 8.15. The van der Waals surface area contributed by atoms with Gasteiger partial charge in [0.05, 0.1) is 11.8 Å². The first kappa shape index (κ1) is 19.2. The Morgan fingerprint density at radius 3 is 2.38 bits per heavy atom. The standard InChI is InChI=1S/C19H21FN2O4/c1-12(2)26-18(24)17(11-13-7-9-14(23)10-8-13)22-19(25)21-16-6-4-3-5-15(16)20/h3-10,12,17,23H,11H2,1-2H3,(H2,21,22,25)/t17-/m0/s1. The van der Waals surface area contributed by atoms with E-state index in [1.54, 1.807) is 32.0 Å². The number of esters is 1. The SMILES string of the molecule is CC(C)OC(=O)[C@H](Cc1ccc(O)cc1)NC(=O)Nc1ccccc1F. The number of hydrogen-bond acceptors (Lipinski definition) is 4. The van der Waals surface area contributed by atoms with Crippen molar-refractivity contribution in [1.29, 1.82) is 0 Å². The number of benzene rings is 2. The zero-order chi connectivity index (χ0) is 19.1. The maximum Gasteiger partial charge on any atom is 0.329 e. The molecule has 0 aliphatic rings. The topological polar surface area (TPSA) is 87.7 Å². The van der Waals surface area contributed by atoms with Gasteiger partial charge in [0.15, 0.2) is 0 Å². The molecule has 7 heteroatoms. The summed E-state index contributed by atoms with van der Waals surface area (Å²) in [6.45, 7) is 3.41. The predicted molar refractivity (Wildman–Crippen MR) is 95.4 cm³/mol. The molecule has 0 aliphatic heterocycles. The van der Waals surface area contributed by atoms with Crippen molar-refractivity contribution in [2.24, 2.45) is 0 Å². The first-order chi connectivity index (χ1) is 12.3. The lowest BCUT2D eigenvalue weighted by molar-refractivity contribution is -0.149. The molecule has 0 fully saturated rings. The Kier molecular flexibility index (Phi) is 6.54. The van der Waals surface area contributed by atoms with Crippen molar-refractivity contribution in [3.63, 3.8) is 0 Å². The molecule has 138 valence electrons. The number of amides is 2. The fourth-order valence-electron chi connectivity index (χ4n) is 2.25. The minimum absolute atomic E-state index is 0.00519. The van der Waals surface area contributed by atoms with Crippen molar-refractivity contribution in [2.75, 3.05) is 5.32 Å². The lowest BCUT2D eigenvalue weighted by Gasteiger charge is -2.20. The molecule has 3 N–H and O–H groups in total. The third-order valence-electron chi connectivity index (χ3n) is 3.44. The van der Waals surface area contributed by atoms with Gasteiger partial charge in [0, 0.05) is 6.42 Å². The van der Waals surface area contributed by atoms with Crippen LogP contribution in [0.15, 0.2) is 48.5 Å². The van der Waals surface area contributed by atoms with Crippen LogP contribution < -0.4 is 10.6 Å². The van der Waals surface area contributed by atoms with Crippen LogP contribution in [0.4, 0.5) is 14.9 Å². The minimum Gasteiger partial charge on any atom is -0.508 e. The Morgan fingerprint density at radius 2 is 1.77 bits per heavy atom. The second-order valence-electron chi connectivity index (χ2n) is 5.99. The van der Waals surface area contributed by atoms with Gasteiger partial charge in [0.1, 0.15) is 17.6 Å². The third kappa shape index (κ3) is 5.77. The third-order valence-corrected chi connectivity index (χ3v) is 3.44. The Balaban J connectivity index is 2.09. The summed E-state index contributed by atoms with van der Waals surface area (Å²) in [6.07, 6.45) is -0.183. The van der Waals surface area contributed by atoms with Gasteiger partial charge < -0.3 is 20.5 Å². The zero-order valence-corrected chi connectivity index (χ0v) is 14.5. The number of para-hydroxylation sites is 1. The number of phenols is 1. The van der Waals surface area contributed by atoms with E-state index in [1.165, 1.54) is 30.3 Å². The maximum atomic E-state index is 13.6. The fourth-order valence-corrected chi connectivity index (χ4v) is 2.25. The largest absolute Gasteiger partial charge is 0.508 e. The second-order valence-corrected chi connectivity index (χ2v) is 5.99. The average molecular weight is 360 g/mol. The zero-order valence-electron chi connectivity index (χ0n) is 14.5. The molecular weight excluding hydrogens is 339 g/mol. The highest BCUT2D eigenvalue weighted by Gasteiger charge is 2.24. The van der Waals surface area contributed by atoms with Gasteiger partial charge in [0.25, 0.3) is 0 Å². The van der Waals surface area contributed by atoms with Crippen LogP contribution in [0.5, 0.6) is 5.75 Å². The van der Waals surface area contributed by atoms with E-state index in [-0.39, 0.29) is 24.0 Å². The molecule has 0 aromatic heterocycles. The van der Waals surface area contributed by atoms with E-state index in [4.69, 9.17) is 4.74 Å². The molecule has 0 radical (unpaired) electrons. The van der Waals surface area contributed by atoms with Gasteiger partial charge in [-0.3, -0.25) is 0 Å². The molecule has 0 heterocycles. The van der Waals surface area contributed by atoms with Gasteiger partial charge in [-0.1, -0.05) is 24.3 Å². The number of carbonyl (C=O) groups is 2. The minimum atomic E-state index is -0.964. The van der Waals surface area contributed by atoms with Crippen LogP contribution in [0.1, 0.15) is 19.4 Å². The molecule has 2 rings (SSSR count). The van der Waals surface area contributed by atoms with Gasteiger partial charge in [-0.05, 0) is 43.7 Å². The normalized spacial score (nSPS) is 11.7. The number of phenolic OH excluding ortho intramolecular Hbond substituents is 1. The summed E-state index contributed by atoms with van der Waals surface area (Å²) < 4.78 is 18.8. The van der Waals surface area contributed by atoms with E-state index in [0.29, 0.717) is 0 Å². The molecule has 2 aromatic carbocycles. The number of hydrogen-bond donors (Lipinski definition) is 3. The van der Waals surface area contributed by atoms with Crippen molar-refractivity contribution in [1.82, 2.24) is 5.32 Å². The lowest BCUT2D eigenvalue weighted by atomic mass is 10.1. The molecule has 2 amide bonds. The van der Waals surface area contributed by atoms with Gasteiger partial charge >= 0.3 is 12.0 Å². The lowest BCUT2D eigenvalue weighted by Crippen LogP contribution is -2.45. The molecule has 0 unspecified atom stereocenters. The predicted octanol–water partition coefficient (Wildman–Crippen LogP) is 3.22. The molecule has 1 atom stereocenters. The highest BCUT2D eigenvalue weighted by Crippen LogP contribution is 2.14. The molecule has 0 saturated carbocycles. The maximum absolute atomic E-state index is 13.6. The van der Waals surface area contributed by atoms with Crippen molar-refractivity contribution in [2.45, 2.75) is 32.4 Å². The van der Waals surface area contributed by atoms with Crippen molar-refractivity contribution in [3.8, 4) is 5.75 Å². The molecule has 6 nitrogen and oxygen atoms in total. The van der Waals surface area contributed by atoms with Gasteiger partial charge in [-0.2, -0.15) is 0 Å². The number of rotatable bonds is 6. The molecule has 0 aliphatic carbocycles. The number of ether oxygens (including phenoxy) is 1. The van der Waals surface area contributed by atoms with Crippen LogP contribution in [-0.4, -0.2) is 29.3 Å². The van der Waals surface area contributed by atoms with Crippen LogP contribution in [0, 0.1) is 5.82 Å². The number of anilines is 1. The number of carbonyl (C=O) groups excluding carboxylic acids is 2. The molecular formula is C19H21FN2O4. The highest BCUT2D eigenvalue weighted by atomic mass is 19.1. The molecule has 0 spiro atoms. The molecule has 0 bridgehead atoms. The Bertz CT molecular complexity index is 762. The summed E-state index contributed by atoms with van der Waals surface area (Å²) in [4.78, 5) is 24.5. The second kappa shape index (κ2) is 8.84. The molecule has 2 aromatic rings. The van der Waals surface area contributed by atoms with Crippen molar-refractivity contribution in [3.05, 3.63) is 59.9 Å². The monoisotopic (exact) mass is 360 g/mol. The summed E-state index contributed by atoms with van der Waals surface area (Å²) in [5.74, 6) is -1.08.